The second-order valence-corrected chi connectivity index (χ2v) is 6.75. The van der Waals surface area contributed by atoms with Gasteiger partial charge >= 0.3 is 0 Å². The molecule has 4 rings (SSSR count). The van der Waals surface area contributed by atoms with Crippen molar-refractivity contribution in [2.45, 2.75) is 19.3 Å². The normalized spacial score (nSPS) is 27.0. The first-order valence-corrected chi connectivity index (χ1v) is 8.29. The van der Waals surface area contributed by atoms with Crippen molar-refractivity contribution in [3.05, 3.63) is 18.6 Å². The number of amides is 1. The van der Waals surface area contributed by atoms with E-state index in [2.05, 4.69) is 25.1 Å². The van der Waals surface area contributed by atoms with Crippen molar-refractivity contribution in [1.82, 2.24) is 20.2 Å². The molecule has 3 aliphatic rings. The van der Waals surface area contributed by atoms with E-state index in [0.29, 0.717) is 11.3 Å². The van der Waals surface area contributed by atoms with E-state index in [1.54, 1.807) is 18.6 Å². The van der Waals surface area contributed by atoms with Gasteiger partial charge in [0.25, 0.3) is 0 Å². The summed E-state index contributed by atoms with van der Waals surface area (Å²) in [7, 11) is 0. The summed E-state index contributed by atoms with van der Waals surface area (Å²) in [5, 5.41) is 3.40. The molecular weight excluding hydrogens is 278 g/mol. The molecule has 1 aliphatic carbocycles. The Morgan fingerprint density at radius 3 is 2.64 bits per heavy atom. The van der Waals surface area contributed by atoms with Crippen LogP contribution in [0.4, 0.5) is 5.82 Å². The highest BCUT2D eigenvalue weighted by atomic mass is 16.2. The number of piperidine rings is 1. The van der Waals surface area contributed by atoms with Crippen LogP contribution in [-0.4, -0.2) is 60.0 Å². The number of nitrogens with zero attached hydrogens (tertiary/aromatic N) is 4. The zero-order chi connectivity index (χ0) is 15.0. The molecule has 22 heavy (non-hydrogen) atoms. The highest BCUT2D eigenvalue weighted by Gasteiger charge is 2.58. The summed E-state index contributed by atoms with van der Waals surface area (Å²) >= 11 is 0. The van der Waals surface area contributed by atoms with Crippen LogP contribution >= 0.6 is 0 Å². The Kier molecular flexibility index (Phi) is 3.48. The average Bonchev–Trinajstić information content (AvgIpc) is 3.29. The molecule has 1 atom stereocenters. The van der Waals surface area contributed by atoms with Crippen molar-refractivity contribution in [3.8, 4) is 0 Å². The molecule has 3 fully saturated rings. The topological polar surface area (TPSA) is 61.4 Å². The van der Waals surface area contributed by atoms with Gasteiger partial charge in [0, 0.05) is 44.5 Å². The Balaban J connectivity index is 1.33. The Bertz CT molecular complexity index is 535. The van der Waals surface area contributed by atoms with Crippen molar-refractivity contribution in [3.63, 3.8) is 0 Å². The summed E-state index contributed by atoms with van der Waals surface area (Å²) < 4.78 is 0. The summed E-state index contributed by atoms with van der Waals surface area (Å²) in [6, 6.07) is 0. The van der Waals surface area contributed by atoms with Crippen molar-refractivity contribution in [2.24, 2.45) is 11.3 Å². The van der Waals surface area contributed by atoms with Gasteiger partial charge in [-0.25, -0.2) is 4.98 Å². The third-order valence-electron chi connectivity index (χ3n) is 5.55. The molecule has 6 nitrogen and oxygen atoms in total. The van der Waals surface area contributed by atoms with Gasteiger partial charge in [-0.05, 0) is 37.8 Å². The second-order valence-electron chi connectivity index (χ2n) is 6.75. The molecule has 1 N–H and O–H groups in total. The third-order valence-corrected chi connectivity index (χ3v) is 5.55. The minimum atomic E-state index is 0.290. The predicted octanol–water partition coefficient (Wildman–Crippen LogP) is 0.515. The van der Waals surface area contributed by atoms with Crippen LogP contribution in [0.5, 0.6) is 0 Å². The number of carbonyl (C=O) groups excluding carboxylic acids is 1. The molecule has 1 spiro atoms. The summed E-state index contributed by atoms with van der Waals surface area (Å²) in [5.74, 6) is 1.59. The molecule has 1 unspecified atom stereocenters. The van der Waals surface area contributed by atoms with E-state index in [0.717, 1.165) is 51.5 Å². The van der Waals surface area contributed by atoms with Crippen LogP contribution in [0.1, 0.15) is 19.3 Å². The molecule has 0 aromatic carbocycles. The van der Waals surface area contributed by atoms with E-state index in [1.807, 2.05) is 0 Å². The van der Waals surface area contributed by atoms with Crippen molar-refractivity contribution in [1.29, 1.82) is 0 Å². The van der Waals surface area contributed by atoms with Gasteiger partial charge in [-0.15, -0.1) is 0 Å². The molecule has 2 aliphatic heterocycles. The highest BCUT2D eigenvalue weighted by Crippen LogP contribution is 2.59. The smallest absolute Gasteiger partial charge is 0.226 e. The van der Waals surface area contributed by atoms with E-state index in [-0.39, 0.29) is 5.92 Å². The number of hydrogen-bond acceptors (Lipinski definition) is 5. The first kappa shape index (κ1) is 13.9. The molecule has 118 valence electrons. The van der Waals surface area contributed by atoms with Gasteiger partial charge in [0.05, 0.1) is 6.20 Å². The molecule has 0 bridgehead atoms. The minimum Gasteiger partial charge on any atom is -0.352 e. The van der Waals surface area contributed by atoms with Gasteiger partial charge in [0.1, 0.15) is 5.82 Å². The molecule has 3 heterocycles. The summed E-state index contributed by atoms with van der Waals surface area (Å²) in [6.45, 7) is 5.46. The van der Waals surface area contributed by atoms with Crippen LogP contribution < -0.4 is 10.2 Å². The molecule has 2 saturated heterocycles. The van der Waals surface area contributed by atoms with Crippen LogP contribution in [0.3, 0.4) is 0 Å². The fourth-order valence-corrected chi connectivity index (χ4v) is 4.00. The third kappa shape index (κ3) is 2.45. The number of aromatic nitrogens is 2. The van der Waals surface area contributed by atoms with E-state index < -0.39 is 0 Å². The molecule has 1 amide bonds. The maximum Gasteiger partial charge on any atom is 0.226 e. The lowest BCUT2D eigenvalue weighted by molar-refractivity contribution is -0.133. The molecule has 1 aromatic rings. The predicted molar refractivity (Wildman–Crippen MR) is 83.5 cm³/mol. The van der Waals surface area contributed by atoms with Gasteiger partial charge in [-0.3, -0.25) is 9.78 Å². The fourth-order valence-electron chi connectivity index (χ4n) is 4.00. The maximum atomic E-state index is 12.7. The Morgan fingerprint density at radius 1 is 1.18 bits per heavy atom. The number of nitrogens with one attached hydrogen (secondary N) is 1. The van der Waals surface area contributed by atoms with Gasteiger partial charge in [-0.2, -0.15) is 0 Å². The second kappa shape index (κ2) is 5.50. The SMILES string of the molecule is O=C(C1CC12CCNCC2)N1CCN(c2cnccn2)CC1. The molecule has 6 heteroatoms. The van der Waals surface area contributed by atoms with Gasteiger partial charge < -0.3 is 15.1 Å². The number of carbonyl (C=O) groups is 1. The van der Waals surface area contributed by atoms with E-state index >= 15 is 0 Å². The summed E-state index contributed by atoms with van der Waals surface area (Å²) in [5.41, 5.74) is 0.338. The Labute approximate surface area is 130 Å². The van der Waals surface area contributed by atoms with Crippen molar-refractivity contribution >= 4 is 11.7 Å². The standard InChI is InChI=1S/C16H23N5O/c22-15(13-11-16(13)1-3-17-4-2-16)21-9-7-20(8-10-21)14-12-18-5-6-19-14/h5-6,12-13,17H,1-4,7-11H2. The van der Waals surface area contributed by atoms with Crippen molar-refractivity contribution in [2.75, 3.05) is 44.2 Å². The summed E-state index contributed by atoms with van der Waals surface area (Å²) in [4.78, 5) is 25.5. The zero-order valence-corrected chi connectivity index (χ0v) is 12.9. The van der Waals surface area contributed by atoms with Crippen LogP contribution in [-0.2, 0) is 4.79 Å². The minimum absolute atomic E-state index is 0.290. The van der Waals surface area contributed by atoms with Gasteiger partial charge in [-0.1, -0.05) is 0 Å². The Hall–Kier alpha value is -1.69. The molecular formula is C16H23N5O. The lowest BCUT2D eigenvalue weighted by Gasteiger charge is -2.36. The van der Waals surface area contributed by atoms with Gasteiger partial charge in [0.2, 0.25) is 5.91 Å². The number of piperazine rings is 1. The maximum absolute atomic E-state index is 12.7. The number of hydrogen-bond donors (Lipinski definition) is 1. The molecule has 1 saturated carbocycles. The van der Waals surface area contributed by atoms with E-state index in [1.165, 1.54) is 12.8 Å². The molecule has 1 aromatic heterocycles. The quantitative estimate of drug-likeness (QED) is 0.863. The lowest BCUT2D eigenvalue weighted by atomic mass is 9.91. The van der Waals surface area contributed by atoms with Crippen LogP contribution in [0.15, 0.2) is 18.6 Å². The van der Waals surface area contributed by atoms with Crippen LogP contribution in [0.2, 0.25) is 0 Å². The largest absolute Gasteiger partial charge is 0.352 e. The average molecular weight is 301 g/mol. The monoisotopic (exact) mass is 301 g/mol. The highest BCUT2D eigenvalue weighted by molar-refractivity contribution is 5.83. The summed E-state index contributed by atoms with van der Waals surface area (Å²) in [6.07, 6.45) is 8.65. The van der Waals surface area contributed by atoms with E-state index in [4.69, 9.17) is 0 Å². The molecule has 0 radical (unpaired) electrons. The van der Waals surface area contributed by atoms with Gasteiger partial charge in [0.15, 0.2) is 0 Å². The van der Waals surface area contributed by atoms with Crippen molar-refractivity contribution < 1.29 is 4.79 Å². The first-order chi connectivity index (χ1) is 10.8. The zero-order valence-electron chi connectivity index (χ0n) is 12.9. The first-order valence-electron chi connectivity index (χ1n) is 8.29. The fraction of sp³-hybridized carbons (Fsp3) is 0.688. The van der Waals surface area contributed by atoms with E-state index in [9.17, 15) is 4.79 Å². The Morgan fingerprint density at radius 2 is 1.95 bits per heavy atom. The number of anilines is 1. The van der Waals surface area contributed by atoms with Crippen LogP contribution in [0, 0.1) is 11.3 Å². The number of rotatable bonds is 2. The van der Waals surface area contributed by atoms with Crippen LogP contribution in [0.25, 0.3) is 0 Å². The lowest BCUT2D eigenvalue weighted by Crippen LogP contribution is -2.50.